The van der Waals surface area contributed by atoms with Crippen LogP contribution in [-0.4, -0.2) is 29.6 Å². The summed E-state index contributed by atoms with van der Waals surface area (Å²) in [5, 5.41) is 13.4. The maximum Gasteiger partial charge on any atom is 0.316 e. The molecule has 0 saturated heterocycles. The summed E-state index contributed by atoms with van der Waals surface area (Å²) in [4.78, 5) is 32.7. The van der Waals surface area contributed by atoms with Gasteiger partial charge in [0.25, 0.3) is 5.91 Å². The molecule has 1 aromatic rings. The number of carbonyl (C=O) groups is 3. The van der Waals surface area contributed by atoms with Gasteiger partial charge in [0.15, 0.2) is 0 Å². The summed E-state index contributed by atoms with van der Waals surface area (Å²) < 4.78 is 0. The Kier molecular flexibility index (Phi) is 5.34. The van der Waals surface area contributed by atoms with Crippen molar-refractivity contribution in [1.82, 2.24) is 5.32 Å². The number of anilines is 1. The van der Waals surface area contributed by atoms with Gasteiger partial charge in [-0.3, -0.25) is 9.59 Å². The topological polar surface area (TPSA) is 122 Å². The molecule has 0 aliphatic heterocycles. The number of carbonyl (C=O) groups excluding carboxylic acids is 2. The maximum absolute atomic E-state index is 11.7. The Morgan fingerprint density at radius 3 is 2.63 bits per heavy atom. The minimum Gasteiger partial charge on any atom is -0.481 e. The van der Waals surface area contributed by atoms with Crippen LogP contribution in [0.25, 0.3) is 0 Å². The highest BCUT2D eigenvalue weighted by atomic mass is 16.4. The quantitative estimate of drug-likeness (QED) is 0.567. The number of hydrogen-bond donors (Lipinski definition) is 4. The summed E-state index contributed by atoms with van der Waals surface area (Å²) in [6, 6.07) is 5.57. The van der Waals surface area contributed by atoms with E-state index in [2.05, 4.69) is 10.6 Å². The first-order chi connectivity index (χ1) is 8.99. The third-order valence-corrected chi connectivity index (χ3v) is 2.25. The van der Waals surface area contributed by atoms with Gasteiger partial charge >= 0.3 is 12.0 Å². The number of nitrogens with two attached hydrogens (primary N) is 1. The van der Waals surface area contributed by atoms with E-state index in [1.807, 2.05) is 0 Å². The van der Waals surface area contributed by atoms with Crippen LogP contribution < -0.4 is 16.4 Å². The monoisotopic (exact) mass is 265 g/mol. The van der Waals surface area contributed by atoms with Crippen molar-refractivity contribution in [2.24, 2.45) is 5.73 Å². The van der Waals surface area contributed by atoms with E-state index in [-0.39, 0.29) is 18.9 Å². The number of primary amides is 1. The molecule has 0 bridgehead atoms. The Balaban J connectivity index is 2.52. The molecule has 7 heteroatoms. The Labute approximate surface area is 109 Å². The summed E-state index contributed by atoms with van der Waals surface area (Å²) in [5.41, 5.74) is 5.76. The second-order valence-corrected chi connectivity index (χ2v) is 3.82. The lowest BCUT2D eigenvalue weighted by atomic mass is 10.2. The Bertz CT molecular complexity index is 488. The predicted octanol–water partition coefficient (Wildman–Crippen LogP) is 0.772. The highest BCUT2D eigenvalue weighted by molar-refractivity contribution is 5.96. The van der Waals surface area contributed by atoms with Crippen molar-refractivity contribution >= 4 is 23.6 Å². The lowest BCUT2D eigenvalue weighted by Gasteiger charge is -2.06. The van der Waals surface area contributed by atoms with Gasteiger partial charge < -0.3 is 21.5 Å². The summed E-state index contributed by atoms with van der Waals surface area (Å²) in [6.07, 6.45) is 0.365. The maximum atomic E-state index is 11.7. The van der Waals surface area contributed by atoms with Gasteiger partial charge in [-0.05, 0) is 24.6 Å². The fourth-order valence-corrected chi connectivity index (χ4v) is 1.42. The number of urea groups is 1. The molecule has 1 aromatic carbocycles. The Morgan fingerprint density at radius 2 is 2.00 bits per heavy atom. The van der Waals surface area contributed by atoms with Crippen LogP contribution in [0.15, 0.2) is 24.3 Å². The zero-order chi connectivity index (χ0) is 14.3. The van der Waals surface area contributed by atoms with Gasteiger partial charge in [0.05, 0.1) is 0 Å². The molecule has 3 amide bonds. The lowest BCUT2D eigenvalue weighted by Crippen LogP contribution is -2.25. The molecular formula is C12H15N3O4. The second-order valence-electron chi connectivity index (χ2n) is 3.82. The van der Waals surface area contributed by atoms with Crippen molar-refractivity contribution in [3.05, 3.63) is 29.8 Å². The summed E-state index contributed by atoms with van der Waals surface area (Å²) >= 11 is 0. The van der Waals surface area contributed by atoms with E-state index in [4.69, 9.17) is 10.8 Å². The van der Waals surface area contributed by atoms with E-state index in [9.17, 15) is 14.4 Å². The number of amides is 3. The summed E-state index contributed by atoms with van der Waals surface area (Å²) in [7, 11) is 0. The summed E-state index contributed by atoms with van der Waals surface area (Å²) in [6.45, 7) is 0.276. The fourth-order valence-electron chi connectivity index (χ4n) is 1.42. The Hall–Kier alpha value is -2.57. The van der Waals surface area contributed by atoms with E-state index in [1.165, 1.54) is 6.07 Å². The van der Waals surface area contributed by atoms with Gasteiger partial charge in [0.2, 0.25) is 0 Å². The highest BCUT2D eigenvalue weighted by Crippen LogP contribution is 2.10. The minimum atomic E-state index is -0.901. The van der Waals surface area contributed by atoms with Crippen LogP contribution >= 0.6 is 0 Å². The third kappa shape index (κ3) is 5.53. The molecule has 0 atom stereocenters. The van der Waals surface area contributed by atoms with Crippen molar-refractivity contribution in [1.29, 1.82) is 0 Å². The van der Waals surface area contributed by atoms with E-state index in [0.717, 1.165) is 0 Å². The smallest absolute Gasteiger partial charge is 0.316 e. The molecule has 0 heterocycles. The molecule has 0 spiro atoms. The van der Waals surface area contributed by atoms with Crippen molar-refractivity contribution in [2.45, 2.75) is 12.8 Å². The number of aliphatic carboxylic acids is 1. The molecule has 0 aromatic heterocycles. The van der Waals surface area contributed by atoms with Gasteiger partial charge in [0, 0.05) is 24.2 Å². The molecule has 0 fully saturated rings. The highest BCUT2D eigenvalue weighted by Gasteiger charge is 2.06. The SMILES string of the molecule is NC(=O)Nc1cccc(C(=O)NCCCC(=O)O)c1. The molecule has 5 N–H and O–H groups in total. The zero-order valence-electron chi connectivity index (χ0n) is 10.2. The van der Waals surface area contributed by atoms with Crippen molar-refractivity contribution in [3.63, 3.8) is 0 Å². The van der Waals surface area contributed by atoms with E-state index in [1.54, 1.807) is 18.2 Å². The first-order valence-corrected chi connectivity index (χ1v) is 5.65. The summed E-state index contributed by atoms with van der Waals surface area (Å²) in [5.74, 6) is -1.24. The average molecular weight is 265 g/mol. The average Bonchev–Trinajstić information content (AvgIpc) is 2.33. The number of benzene rings is 1. The van der Waals surface area contributed by atoms with E-state index in [0.29, 0.717) is 17.7 Å². The van der Waals surface area contributed by atoms with Crippen LogP contribution in [0.5, 0.6) is 0 Å². The third-order valence-electron chi connectivity index (χ3n) is 2.25. The molecular weight excluding hydrogens is 250 g/mol. The van der Waals surface area contributed by atoms with Gasteiger partial charge in [-0.25, -0.2) is 4.79 Å². The zero-order valence-corrected chi connectivity index (χ0v) is 10.2. The van der Waals surface area contributed by atoms with Crippen molar-refractivity contribution < 1.29 is 19.5 Å². The van der Waals surface area contributed by atoms with Gasteiger partial charge in [-0.15, -0.1) is 0 Å². The van der Waals surface area contributed by atoms with Crippen LogP contribution in [-0.2, 0) is 4.79 Å². The molecule has 7 nitrogen and oxygen atoms in total. The van der Waals surface area contributed by atoms with Crippen LogP contribution in [0, 0.1) is 0 Å². The van der Waals surface area contributed by atoms with Gasteiger partial charge in [-0.2, -0.15) is 0 Å². The molecule has 0 aliphatic rings. The molecule has 0 aliphatic carbocycles. The normalized spacial score (nSPS) is 9.68. The number of hydrogen-bond acceptors (Lipinski definition) is 3. The van der Waals surface area contributed by atoms with Crippen molar-refractivity contribution in [3.8, 4) is 0 Å². The standard InChI is InChI=1S/C12H15N3O4/c13-12(19)15-9-4-1-3-8(7-9)11(18)14-6-2-5-10(16)17/h1,3-4,7H,2,5-6H2,(H,14,18)(H,16,17)(H3,13,15,19). The van der Waals surface area contributed by atoms with Crippen LogP contribution in [0.4, 0.5) is 10.5 Å². The molecule has 19 heavy (non-hydrogen) atoms. The molecule has 1 rings (SSSR count). The molecule has 0 unspecified atom stereocenters. The van der Waals surface area contributed by atoms with Crippen molar-refractivity contribution in [2.75, 3.05) is 11.9 Å². The van der Waals surface area contributed by atoms with Gasteiger partial charge in [-0.1, -0.05) is 6.07 Å². The van der Waals surface area contributed by atoms with Crippen LogP contribution in [0.2, 0.25) is 0 Å². The van der Waals surface area contributed by atoms with Gasteiger partial charge in [0.1, 0.15) is 0 Å². The molecule has 102 valence electrons. The predicted molar refractivity (Wildman–Crippen MR) is 68.9 cm³/mol. The van der Waals surface area contributed by atoms with E-state index < -0.39 is 12.0 Å². The Morgan fingerprint density at radius 1 is 1.26 bits per heavy atom. The second kappa shape index (κ2) is 7.00. The first-order valence-electron chi connectivity index (χ1n) is 5.65. The molecule has 0 saturated carbocycles. The van der Waals surface area contributed by atoms with Crippen LogP contribution in [0.3, 0.4) is 0 Å². The first kappa shape index (κ1) is 14.5. The number of nitrogens with one attached hydrogen (secondary N) is 2. The minimum absolute atomic E-state index is 0.00352. The number of carboxylic acids is 1. The number of rotatable bonds is 6. The van der Waals surface area contributed by atoms with E-state index >= 15 is 0 Å². The molecule has 0 radical (unpaired) electrons. The fraction of sp³-hybridized carbons (Fsp3) is 0.250. The lowest BCUT2D eigenvalue weighted by molar-refractivity contribution is -0.137. The number of carboxylic acid groups (broad SMARTS) is 1. The largest absolute Gasteiger partial charge is 0.481 e. The van der Waals surface area contributed by atoms with Crippen LogP contribution in [0.1, 0.15) is 23.2 Å².